The first-order chi connectivity index (χ1) is 8.20. The highest BCUT2D eigenvalue weighted by Crippen LogP contribution is 2.12. The summed E-state index contributed by atoms with van der Waals surface area (Å²) in [5.41, 5.74) is 2.73. The molecular formula is C14H14FNO. The highest BCUT2D eigenvalue weighted by Gasteiger charge is 2.03. The fourth-order valence-electron chi connectivity index (χ4n) is 1.92. The third-order valence-corrected chi connectivity index (χ3v) is 2.91. The summed E-state index contributed by atoms with van der Waals surface area (Å²) in [6.07, 6.45) is 3.52. The SMILES string of the molecule is Cc1cc(F)ccc1CCn1cccc1C=O. The summed E-state index contributed by atoms with van der Waals surface area (Å²) in [6, 6.07) is 8.44. The molecule has 88 valence electrons. The van der Waals surface area contributed by atoms with Gasteiger partial charge in [-0.05, 0) is 48.7 Å². The number of carbonyl (C=O) groups excluding carboxylic acids is 1. The number of aryl methyl sites for hydroxylation is 3. The summed E-state index contributed by atoms with van der Waals surface area (Å²) >= 11 is 0. The van der Waals surface area contributed by atoms with Crippen molar-refractivity contribution in [3.63, 3.8) is 0 Å². The molecule has 2 rings (SSSR count). The Morgan fingerprint density at radius 2 is 2.18 bits per heavy atom. The number of nitrogens with zero attached hydrogens (tertiary/aromatic N) is 1. The van der Waals surface area contributed by atoms with Crippen LogP contribution in [-0.4, -0.2) is 10.9 Å². The molecule has 2 aromatic rings. The van der Waals surface area contributed by atoms with E-state index in [0.29, 0.717) is 5.69 Å². The van der Waals surface area contributed by atoms with Crippen LogP contribution in [-0.2, 0) is 13.0 Å². The van der Waals surface area contributed by atoms with E-state index in [4.69, 9.17) is 0 Å². The van der Waals surface area contributed by atoms with Crippen molar-refractivity contribution >= 4 is 6.29 Å². The Balaban J connectivity index is 2.10. The maximum atomic E-state index is 12.9. The van der Waals surface area contributed by atoms with E-state index >= 15 is 0 Å². The Hall–Kier alpha value is -1.90. The van der Waals surface area contributed by atoms with E-state index in [1.54, 1.807) is 12.1 Å². The minimum absolute atomic E-state index is 0.208. The highest BCUT2D eigenvalue weighted by molar-refractivity contribution is 5.72. The van der Waals surface area contributed by atoms with Gasteiger partial charge in [-0.3, -0.25) is 4.79 Å². The van der Waals surface area contributed by atoms with Gasteiger partial charge < -0.3 is 4.57 Å². The van der Waals surface area contributed by atoms with Gasteiger partial charge in [-0.25, -0.2) is 4.39 Å². The Morgan fingerprint density at radius 3 is 2.88 bits per heavy atom. The number of benzene rings is 1. The van der Waals surface area contributed by atoms with Crippen molar-refractivity contribution < 1.29 is 9.18 Å². The molecule has 17 heavy (non-hydrogen) atoms. The fraction of sp³-hybridized carbons (Fsp3) is 0.214. The molecule has 2 nitrogen and oxygen atoms in total. The van der Waals surface area contributed by atoms with Crippen LogP contribution in [0.4, 0.5) is 4.39 Å². The molecule has 0 bridgehead atoms. The van der Waals surface area contributed by atoms with Crippen molar-refractivity contribution in [3.8, 4) is 0 Å². The molecule has 0 saturated carbocycles. The zero-order valence-electron chi connectivity index (χ0n) is 9.69. The average molecular weight is 231 g/mol. The van der Waals surface area contributed by atoms with Gasteiger partial charge in [-0.15, -0.1) is 0 Å². The highest BCUT2D eigenvalue weighted by atomic mass is 19.1. The second-order valence-electron chi connectivity index (χ2n) is 4.07. The number of hydrogen-bond acceptors (Lipinski definition) is 1. The normalized spacial score (nSPS) is 10.5. The zero-order valence-corrected chi connectivity index (χ0v) is 9.69. The van der Waals surface area contributed by atoms with Crippen molar-refractivity contribution in [1.82, 2.24) is 4.57 Å². The molecule has 0 aliphatic rings. The first kappa shape index (κ1) is 11.6. The first-order valence-corrected chi connectivity index (χ1v) is 5.56. The molecule has 3 heteroatoms. The van der Waals surface area contributed by atoms with Crippen LogP contribution in [0.3, 0.4) is 0 Å². The molecule has 0 N–H and O–H groups in total. The number of carbonyl (C=O) groups is 1. The van der Waals surface area contributed by atoms with Crippen LogP contribution in [0, 0.1) is 12.7 Å². The van der Waals surface area contributed by atoms with E-state index < -0.39 is 0 Å². The lowest BCUT2D eigenvalue weighted by Gasteiger charge is -2.08. The molecule has 0 fully saturated rings. The molecule has 1 aromatic heterocycles. The van der Waals surface area contributed by atoms with Crippen molar-refractivity contribution in [2.45, 2.75) is 19.9 Å². The Bertz CT molecular complexity index is 531. The Kier molecular flexibility index (Phi) is 3.38. The van der Waals surface area contributed by atoms with Gasteiger partial charge in [-0.1, -0.05) is 6.07 Å². The second kappa shape index (κ2) is 4.95. The van der Waals surface area contributed by atoms with Gasteiger partial charge in [0.1, 0.15) is 5.82 Å². The fourth-order valence-corrected chi connectivity index (χ4v) is 1.92. The molecule has 1 heterocycles. The quantitative estimate of drug-likeness (QED) is 0.741. The average Bonchev–Trinajstić information content (AvgIpc) is 2.75. The number of aldehydes is 1. The maximum Gasteiger partial charge on any atom is 0.166 e. The molecular weight excluding hydrogens is 217 g/mol. The summed E-state index contributed by atoms with van der Waals surface area (Å²) in [4.78, 5) is 10.7. The van der Waals surface area contributed by atoms with Gasteiger partial charge >= 0.3 is 0 Å². The monoisotopic (exact) mass is 231 g/mol. The van der Waals surface area contributed by atoms with Crippen molar-refractivity contribution in [2.75, 3.05) is 0 Å². The van der Waals surface area contributed by atoms with Crippen LogP contribution in [0.2, 0.25) is 0 Å². The van der Waals surface area contributed by atoms with E-state index in [9.17, 15) is 9.18 Å². The number of halogens is 1. The summed E-state index contributed by atoms with van der Waals surface area (Å²) in [6.45, 7) is 2.63. The van der Waals surface area contributed by atoms with Crippen molar-refractivity contribution in [2.24, 2.45) is 0 Å². The van der Waals surface area contributed by atoms with E-state index in [1.807, 2.05) is 23.8 Å². The van der Waals surface area contributed by atoms with Gasteiger partial charge in [0.15, 0.2) is 6.29 Å². The minimum atomic E-state index is -0.208. The molecule has 0 saturated heterocycles. The Morgan fingerprint density at radius 1 is 1.35 bits per heavy atom. The topological polar surface area (TPSA) is 22.0 Å². The summed E-state index contributed by atoms with van der Waals surface area (Å²) in [5.74, 6) is -0.208. The predicted octanol–water partition coefficient (Wildman–Crippen LogP) is 2.99. The van der Waals surface area contributed by atoms with E-state index in [1.165, 1.54) is 12.1 Å². The number of hydrogen-bond donors (Lipinski definition) is 0. The lowest BCUT2D eigenvalue weighted by molar-refractivity contribution is 0.111. The van der Waals surface area contributed by atoms with Crippen molar-refractivity contribution in [1.29, 1.82) is 0 Å². The van der Waals surface area contributed by atoms with E-state index in [2.05, 4.69) is 0 Å². The van der Waals surface area contributed by atoms with Gasteiger partial charge in [0, 0.05) is 12.7 Å². The van der Waals surface area contributed by atoms with Crippen LogP contribution < -0.4 is 0 Å². The summed E-state index contributed by atoms with van der Waals surface area (Å²) in [5, 5.41) is 0. The van der Waals surface area contributed by atoms with Gasteiger partial charge in [0.25, 0.3) is 0 Å². The van der Waals surface area contributed by atoms with Crippen LogP contribution in [0.15, 0.2) is 36.5 Å². The van der Waals surface area contributed by atoms with Gasteiger partial charge in [0.05, 0.1) is 5.69 Å². The molecule has 0 spiro atoms. The molecule has 0 aliphatic carbocycles. The van der Waals surface area contributed by atoms with Crippen molar-refractivity contribution in [3.05, 3.63) is 59.2 Å². The molecule has 0 unspecified atom stereocenters. The molecule has 0 radical (unpaired) electrons. The molecule has 0 aliphatic heterocycles. The number of aromatic nitrogens is 1. The third kappa shape index (κ3) is 2.61. The molecule has 0 amide bonds. The summed E-state index contributed by atoms with van der Waals surface area (Å²) < 4.78 is 14.8. The predicted molar refractivity (Wildman–Crippen MR) is 64.7 cm³/mol. The van der Waals surface area contributed by atoms with E-state index in [0.717, 1.165) is 30.4 Å². The largest absolute Gasteiger partial charge is 0.345 e. The second-order valence-corrected chi connectivity index (χ2v) is 4.07. The van der Waals surface area contributed by atoms with Crippen LogP contribution in [0.1, 0.15) is 21.6 Å². The minimum Gasteiger partial charge on any atom is -0.345 e. The smallest absolute Gasteiger partial charge is 0.166 e. The zero-order chi connectivity index (χ0) is 12.3. The molecule has 1 aromatic carbocycles. The number of rotatable bonds is 4. The lowest BCUT2D eigenvalue weighted by Crippen LogP contribution is -2.04. The van der Waals surface area contributed by atoms with E-state index in [-0.39, 0.29) is 5.82 Å². The van der Waals surface area contributed by atoms with Crippen LogP contribution in [0.25, 0.3) is 0 Å². The summed E-state index contributed by atoms with van der Waals surface area (Å²) in [7, 11) is 0. The third-order valence-electron chi connectivity index (χ3n) is 2.91. The Labute approximate surface area is 99.7 Å². The van der Waals surface area contributed by atoms with Gasteiger partial charge in [0.2, 0.25) is 0 Å². The molecule has 0 atom stereocenters. The maximum absolute atomic E-state index is 12.9. The van der Waals surface area contributed by atoms with Gasteiger partial charge in [-0.2, -0.15) is 0 Å². The van der Waals surface area contributed by atoms with Crippen LogP contribution >= 0.6 is 0 Å². The standard InChI is InChI=1S/C14H14FNO/c1-11-9-13(15)5-4-12(11)6-8-16-7-2-3-14(16)10-17/h2-5,7,9-10H,6,8H2,1H3. The first-order valence-electron chi connectivity index (χ1n) is 5.56. The lowest BCUT2D eigenvalue weighted by atomic mass is 10.1. The van der Waals surface area contributed by atoms with Crippen LogP contribution in [0.5, 0.6) is 0 Å².